The Kier molecular flexibility index (Phi) is 4.12. The average Bonchev–Trinajstić information content (AvgIpc) is 3.05. The van der Waals surface area contributed by atoms with Gasteiger partial charge in [-0.2, -0.15) is 5.10 Å². The Morgan fingerprint density at radius 1 is 1.19 bits per heavy atom. The molecule has 4 rings (SSSR count). The molecule has 2 amide bonds. The summed E-state index contributed by atoms with van der Waals surface area (Å²) in [5.74, 6) is -0.711. The van der Waals surface area contributed by atoms with Crippen molar-refractivity contribution in [1.82, 2.24) is 15.1 Å². The number of halogens is 2. The number of amides is 2. The molecule has 5 nitrogen and oxygen atoms in total. The predicted molar refractivity (Wildman–Crippen MR) is 95.6 cm³/mol. The molecule has 3 aromatic rings. The second kappa shape index (κ2) is 6.59. The van der Waals surface area contributed by atoms with E-state index < -0.39 is 11.6 Å². The number of carbonyl (C=O) groups excluding carboxylic acids is 1. The van der Waals surface area contributed by atoms with Gasteiger partial charge in [-0.15, -0.1) is 0 Å². The summed E-state index contributed by atoms with van der Waals surface area (Å²) in [6, 6.07) is 10.8. The first-order valence-corrected chi connectivity index (χ1v) is 8.25. The van der Waals surface area contributed by atoms with Crippen LogP contribution in [-0.2, 0) is 0 Å². The molecule has 0 radical (unpaired) electrons. The van der Waals surface area contributed by atoms with Crippen LogP contribution < -0.4 is 5.32 Å². The maximum absolute atomic E-state index is 13.9. The van der Waals surface area contributed by atoms with Crippen LogP contribution in [0, 0.1) is 11.6 Å². The van der Waals surface area contributed by atoms with E-state index in [-0.39, 0.29) is 6.03 Å². The number of urea groups is 1. The largest absolute Gasteiger partial charge is 0.323 e. The highest BCUT2D eigenvalue weighted by molar-refractivity contribution is 5.99. The molecular weight excluding hydrogens is 338 g/mol. The zero-order chi connectivity index (χ0) is 18.1. The van der Waals surface area contributed by atoms with Crippen molar-refractivity contribution in [2.24, 2.45) is 0 Å². The zero-order valence-electron chi connectivity index (χ0n) is 13.8. The minimum atomic E-state index is -0.602. The highest BCUT2D eigenvalue weighted by atomic mass is 19.1. The van der Waals surface area contributed by atoms with E-state index >= 15 is 0 Å². The Balaban J connectivity index is 1.47. The van der Waals surface area contributed by atoms with E-state index in [9.17, 15) is 13.6 Å². The highest BCUT2D eigenvalue weighted by Gasteiger charge is 2.20. The third-order valence-corrected chi connectivity index (χ3v) is 4.47. The molecule has 0 saturated heterocycles. The van der Waals surface area contributed by atoms with Crippen molar-refractivity contribution in [3.05, 3.63) is 65.7 Å². The van der Waals surface area contributed by atoms with Crippen LogP contribution in [-0.4, -0.2) is 34.2 Å². The molecule has 0 unspecified atom stereocenters. The van der Waals surface area contributed by atoms with Crippen molar-refractivity contribution in [3.8, 4) is 0 Å². The molecule has 132 valence electrons. The van der Waals surface area contributed by atoms with Gasteiger partial charge in [-0.05, 0) is 36.3 Å². The normalized spacial score (nSPS) is 14.4. The molecular formula is C19H16F2N4O. The van der Waals surface area contributed by atoms with Gasteiger partial charge >= 0.3 is 6.03 Å². The number of hydrogen-bond acceptors (Lipinski definition) is 2. The standard InChI is InChI=1S/C19H16F2N4O/c20-13-5-6-14(16(21)11-13)12-7-9-25(10-8-12)19(26)22-18-15-3-1-2-4-17(15)23-24-18/h1-7,11H,8-10H2,(H2,22,23,24,26). The van der Waals surface area contributed by atoms with Crippen molar-refractivity contribution in [3.63, 3.8) is 0 Å². The first-order valence-electron chi connectivity index (χ1n) is 8.25. The van der Waals surface area contributed by atoms with Crippen LogP contribution in [0.3, 0.4) is 0 Å². The molecule has 1 aliphatic rings. The van der Waals surface area contributed by atoms with Crippen LogP contribution in [0.4, 0.5) is 19.4 Å². The van der Waals surface area contributed by atoms with Gasteiger partial charge in [0.05, 0.1) is 5.52 Å². The number of hydrogen-bond donors (Lipinski definition) is 2. The number of benzene rings is 2. The summed E-state index contributed by atoms with van der Waals surface area (Å²) in [6.07, 6.45) is 2.29. The molecule has 2 aromatic carbocycles. The summed E-state index contributed by atoms with van der Waals surface area (Å²) in [5, 5.41) is 10.6. The lowest BCUT2D eigenvalue weighted by atomic mass is 9.99. The van der Waals surface area contributed by atoms with Crippen molar-refractivity contribution in [2.75, 3.05) is 18.4 Å². The van der Waals surface area contributed by atoms with Gasteiger partial charge in [-0.3, -0.25) is 10.4 Å². The average molecular weight is 354 g/mol. The predicted octanol–water partition coefficient (Wildman–Crippen LogP) is 4.16. The van der Waals surface area contributed by atoms with Crippen molar-refractivity contribution in [2.45, 2.75) is 6.42 Å². The highest BCUT2D eigenvalue weighted by Crippen LogP contribution is 2.26. The van der Waals surface area contributed by atoms with E-state index in [4.69, 9.17) is 0 Å². The second-order valence-corrected chi connectivity index (χ2v) is 6.10. The monoisotopic (exact) mass is 354 g/mol. The molecule has 0 aliphatic carbocycles. The number of aromatic amines is 1. The number of fused-ring (bicyclic) bond motifs is 1. The number of nitrogens with one attached hydrogen (secondary N) is 2. The minimum absolute atomic E-state index is 0.267. The van der Waals surface area contributed by atoms with Gasteiger partial charge < -0.3 is 4.90 Å². The second-order valence-electron chi connectivity index (χ2n) is 6.10. The number of carbonyl (C=O) groups is 1. The molecule has 26 heavy (non-hydrogen) atoms. The van der Waals surface area contributed by atoms with E-state index in [1.807, 2.05) is 24.3 Å². The summed E-state index contributed by atoms with van der Waals surface area (Å²) in [7, 11) is 0. The molecule has 0 bridgehead atoms. The molecule has 2 heterocycles. The smallest absolute Gasteiger partial charge is 0.320 e. The van der Waals surface area contributed by atoms with Crippen LogP contribution in [0.2, 0.25) is 0 Å². The summed E-state index contributed by atoms with van der Waals surface area (Å²) in [5.41, 5.74) is 2.00. The lowest BCUT2D eigenvalue weighted by molar-refractivity contribution is 0.217. The lowest BCUT2D eigenvalue weighted by Crippen LogP contribution is -2.38. The molecule has 1 aromatic heterocycles. The number of para-hydroxylation sites is 1. The number of anilines is 1. The van der Waals surface area contributed by atoms with Crippen molar-refractivity contribution < 1.29 is 13.6 Å². The van der Waals surface area contributed by atoms with Gasteiger partial charge in [-0.1, -0.05) is 18.2 Å². The van der Waals surface area contributed by atoms with E-state index in [1.54, 1.807) is 11.0 Å². The van der Waals surface area contributed by atoms with Gasteiger partial charge in [0, 0.05) is 30.1 Å². The van der Waals surface area contributed by atoms with Crippen LogP contribution in [0.15, 0.2) is 48.5 Å². The van der Waals surface area contributed by atoms with Gasteiger partial charge in [-0.25, -0.2) is 13.6 Å². The molecule has 0 atom stereocenters. The van der Waals surface area contributed by atoms with Gasteiger partial charge in [0.15, 0.2) is 5.82 Å². The Labute approximate surface area is 148 Å². The summed E-state index contributed by atoms with van der Waals surface area (Å²) in [4.78, 5) is 14.1. The maximum atomic E-state index is 13.9. The fourth-order valence-corrected chi connectivity index (χ4v) is 3.09. The molecule has 7 heteroatoms. The third-order valence-electron chi connectivity index (χ3n) is 4.47. The van der Waals surface area contributed by atoms with E-state index in [0.717, 1.165) is 22.5 Å². The number of nitrogens with zero attached hydrogens (tertiary/aromatic N) is 2. The SMILES string of the molecule is O=C(Nc1n[nH]c2ccccc12)N1CC=C(c2ccc(F)cc2F)CC1. The summed E-state index contributed by atoms with van der Waals surface area (Å²) < 4.78 is 27.0. The molecule has 1 aliphatic heterocycles. The molecule has 0 spiro atoms. The maximum Gasteiger partial charge on any atom is 0.323 e. The summed E-state index contributed by atoms with van der Waals surface area (Å²) in [6.45, 7) is 0.789. The first kappa shape index (κ1) is 16.3. The Bertz CT molecular complexity index is 1010. The van der Waals surface area contributed by atoms with Gasteiger partial charge in [0.25, 0.3) is 0 Å². The van der Waals surface area contributed by atoms with Crippen LogP contribution >= 0.6 is 0 Å². The van der Waals surface area contributed by atoms with E-state index in [1.165, 1.54) is 12.1 Å². The van der Waals surface area contributed by atoms with Crippen molar-refractivity contribution in [1.29, 1.82) is 0 Å². The van der Waals surface area contributed by atoms with Crippen molar-refractivity contribution >= 4 is 28.3 Å². The van der Waals surface area contributed by atoms with E-state index in [2.05, 4.69) is 15.5 Å². The minimum Gasteiger partial charge on any atom is -0.320 e. The number of aromatic nitrogens is 2. The third kappa shape index (κ3) is 3.03. The van der Waals surface area contributed by atoms with Crippen LogP contribution in [0.1, 0.15) is 12.0 Å². The first-order chi connectivity index (χ1) is 12.6. The topological polar surface area (TPSA) is 61.0 Å². The van der Waals surface area contributed by atoms with Gasteiger partial charge in [0.2, 0.25) is 0 Å². The quantitative estimate of drug-likeness (QED) is 0.726. The lowest BCUT2D eigenvalue weighted by Gasteiger charge is -2.26. The van der Waals surface area contributed by atoms with Crippen LogP contribution in [0.25, 0.3) is 16.5 Å². The van der Waals surface area contributed by atoms with E-state index in [0.29, 0.717) is 30.9 Å². The molecule has 2 N–H and O–H groups in total. The van der Waals surface area contributed by atoms with Crippen LogP contribution in [0.5, 0.6) is 0 Å². The Morgan fingerprint density at radius 3 is 2.81 bits per heavy atom. The number of H-pyrrole nitrogens is 1. The number of rotatable bonds is 2. The Hall–Kier alpha value is -3.22. The summed E-state index contributed by atoms with van der Waals surface area (Å²) >= 11 is 0. The molecule has 0 saturated carbocycles. The van der Waals surface area contributed by atoms with Gasteiger partial charge in [0.1, 0.15) is 11.6 Å². The molecule has 0 fully saturated rings. The fraction of sp³-hybridized carbons (Fsp3) is 0.158. The zero-order valence-corrected chi connectivity index (χ0v) is 13.8. The fourth-order valence-electron chi connectivity index (χ4n) is 3.09. The Morgan fingerprint density at radius 2 is 2.04 bits per heavy atom.